The molecule has 2 heterocycles. The maximum absolute atomic E-state index is 12.6. The molecule has 7 nitrogen and oxygen atoms in total. The third-order valence-electron chi connectivity index (χ3n) is 5.44. The van der Waals surface area contributed by atoms with Gasteiger partial charge in [-0.15, -0.1) is 0 Å². The SMILES string of the molecule is CC(=O)OCCCCCOc1ccc2c(c1)CN1C(=N2)NC(=O)C1Cc1ccccc1. The van der Waals surface area contributed by atoms with Crippen molar-refractivity contribution in [1.82, 2.24) is 10.2 Å². The van der Waals surface area contributed by atoms with E-state index in [0.29, 0.717) is 32.1 Å². The van der Waals surface area contributed by atoms with Crippen LogP contribution in [0.5, 0.6) is 5.75 Å². The number of nitrogens with one attached hydrogen (secondary N) is 1. The normalized spacial score (nSPS) is 16.8. The van der Waals surface area contributed by atoms with Gasteiger partial charge in [0.1, 0.15) is 11.8 Å². The summed E-state index contributed by atoms with van der Waals surface area (Å²) in [6.07, 6.45) is 3.31. The molecule has 1 N–H and O–H groups in total. The van der Waals surface area contributed by atoms with Gasteiger partial charge in [0, 0.05) is 25.5 Å². The second kappa shape index (κ2) is 9.64. The van der Waals surface area contributed by atoms with E-state index < -0.39 is 0 Å². The molecule has 0 aliphatic carbocycles. The van der Waals surface area contributed by atoms with E-state index >= 15 is 0 Å². The van der Waals surface area contributed by atoms with Gasteiger partial charge in [-0.25, -0.2) is 4.99 Å². The summed E-state index contributed by atoms with van der Waals surface area (Å²) in [5.41, 5.74) is 3.03. The lowest BCUT2D eigenvalue weighted by molar-refractivity contribution is -0.141. The number of carbonyl (C=O) groups is 2. The number of hydrogen-bond donors (Lipinski definition) is 1. The van der Waals surface area contributed by atoms with Crippen LogP contribution in [0.2, 0.25) is 0 Å². The smallest absolute Gasteiger partial charge is 0.302 e. The monoisotopic (exact) mass is 421 g/mol. The van der Waals surface area contributed by atoms with E-state index in [0.717, 1.165) is 41.8 Å². The van der Waals surface area contributed by atoms with Gasteiger partial charge in [-0.05, 0) is 43.0 Å². The molecule has 7 heteroatoms. The van der Waals surface area contributed by atoms with Crippen LogP contribution in [0.25, 0.3) is 0 Å². The third-order valence-corrected chi connectivity index (χ3v) is 5.44. The van der Waals surface area contributed by atoms with Crippen molar-refractivity contribution in [3.05, 3.63) is 59.7 Å². The van der Waals surface area contributed by atoms with Crippen molar-refractivity contribution >= 4 is 23.5 Å². The number of esters is 1. The average Bonchev–Trinajstić information content (AvgIpc) is 3.06. The summed E-state index contributed by atoms with van der Waals surface area (Å²) in [5, 5.41) is 2.92. The van der Waals surface area contributed by atoms with E-state index in [9.17, 15) is 9.59 Å². The summed E-state index contributed by atoms with van der Waals surface area (Å²) in [7, 11) is 0. The Morgan fingerprint density at radius 2 is 1.94 bits per heavy atom. The molecule has 2 aliphatic heterocycles. The first-order chi connectivity index (χ1) is 15.1. The number of benzene rings is 2. The number of guanidine groups is 1. The van der Waals surface area contributed by atoms with E-state index in [2.05, 4.69) is 10.3 Å². The van der Waals surface area contributed by atoms with Crippen molar-refractivity contribution in [3.63, 3.8) is 0 Å². The highest BCUT2D eigenvalue weighted by molar-refractivity contribution is 6.07. The Labute approximate surface area is 182 Å². The quantitative estimate of drug-likeness (QED) is 0.496. The van der Waals surface area contributed by atoms with E-state index in [1.807, 2.05) is 53.4 Å². The maximum Gasteiger partial charge on any atom is 0.302 e. The number of fused-ring (bicyclic) bond motifs is 2. The average molecular weight is 421 g/mol. The largest absolute Gasteiger partial charge is 0.494 e. The van der Waals surface area contributed by atoms with Crippen LogP contribution >= 0.6 is 0 Å². The van der Waals surface area contributed by atoms with Crippen molar-refractivity contribution in [1.29, 1.82) is 0 Å². The van der Waals surface area contributed by atoms with E-state index in [1.165, 1.54) is 6.92 Å². The van der Waals surface area contributed by atoms with E-state index in [4.69, 9.17) is 9.47 Å². The van der Waals surface area contributed by atoms with E-state index in [-0.39, 0.29) is 17.9 Å². The van der Waals surface area contributed by atoms with Gasteiger partial charge in [-0.3, -0.25) is 14.9 Å². The highest BCUT2D eigenvalue weighted by atomic mass is 16.5. The predicted molar refractivity (Wildman–Crippen MR) is 117 cm³/mol. The lowest BCUT2D eigenvalue weighted by atomic mass is 10.0. The van der Waals surface area contributed by atoms with Gasteiger partial charge >= 0.3 is 5.97 Å². The molecular formula is C24H27N3O4. The fourth-order valence-electron chi connectivity index (χ4n) is 3.84. The summed E-state index contributed by atoms with van der Waals surface area (Å²) in [6, 6.07) is 15.6. The molecular weight excluding hydrogens is 394 g/mol. The standard InChI is InChI=1S/C24H27N3O4/c1-17(28)30-12-6-3-7-13-31-20-10-11-21-19(15-20)16-27-22(23(29)26-24(27)25-21)14-18-8-4-2-5-9-18/h2,4-5,8-11,15,22H,3,6-7,12-14,16H2,1H3,(H,25,26,29). The Kier molecular flexibility index (Phi) is 6.50. The van der Waals surface area contributed by atoms with Gasteiger partial charge in [0.25, 0.3) is 0 Å². The number of unbranched alkanes of at least 4 members (excludes halogenated alkanes) is 2. The topological polar surface area (TPSA) is 80.2 Å². The van der Waals surface area contributed by atoms with Crippen molar-refractivity contribution in [2.75, 3.05) is 13.2 Å². The van der Waals surface area contributed by atoms with Crippen LogP contribution in [-0.2, 0) is 27.3 Å². The molecule has 1 unspecified atom stereocenters. The molecule has 1 saturated heterocycles. The molecule has 0 saturated carbocycles. The summed E-state index contributed by atoms with van der Waals surface area (Å²) in [6.45, 7) is 3.10. The summed E-state index contributed by atoms with van der Waals surface area (Å²) in [4.78, 5) is 30.0. The fraction of sp³-hybridized carbons (Fsp3) is 0.375. The van der Waals surface area contributed by atoms with E-state index in [1.54, 1.807) is 0 Å². The molecule has 2 aromatic carbocycles. The highest BCUT2D eigenvalue weighted by Crippen LogP contribution is 2.32. The van der Waals surface area contributed by atoms with Gasteiger partial charge in [0.05, 0.1) is 18.9 Å². The lowest BCUT2D eigenvalue weighted by Crippen LogP contribution is -2.38. The van der Waals surface area contributed by atoms with Crippen molar-refractivity contribution in [3.8, 4) is 5.75 Å². The molecule has 1 amide bonds. The molecule has 2 aliphatic rings. The summed E-state index contributed by atoms with van der Waals surface area (Å²) in [5.74, 6) is 1.17. The molecule has 162 valence electrons. The Morgan fingerprint density at radius 3 is 2.74 bits per heavy atom. The molecule has 1 atom stereocenters. The van der Waals surface area contributed by atoms with Gasteiger partial charge < -0.3 is 14.4 Å². The first kappa shape index (κ1) is 20.9. The van der Waals surface area contributed by atoms with Crippen molar-refractivity contribution < 1.29 is 19.1 Å². The fourth-order valence-corrected chi connectivity index (χ4v) is 3.84. The van der Waals surface area contributed by atoms with Crippen LogP contribution in [-0.4, -0.2) is 42.0 Å². The Bertz CT molecular complexity index is 974. The number of ether oxygens (including phenoxy) is 2. The zero-order valence-electron chi connectivity index (χ0n) is 17.7. The molecule has 1 fully saturated rings. The molecule has 0 bridgehead atoms. The number of rotatable bonds is 9. The number of nitrogens with zero attached hydrogens (tertiary/aromatic N) is 2. The minimum atomic E-state index is -0.268. The Hall–Kier alpha value is -3.35. The van der Waals surface area contributed by atoms with Gasteiger partial charge in [-0.1, -0.05) is 30.3 Å². The number of amides is 1. The van der Waals surface area contributed by atoms with Crippen LogP contribution in [0.4, 0.5) is 5.69 Å². The predicted octanol–water partition coefficient (Wildman–Crippen LogP) is 3.34. The minimum absolute atomic E-state index is 0.0133. The maximum atomic E-state index is 12.6. The lowest BCUT2D eigenvalue weighted by Gasteiger charge is -2.28. The highest BCUT2D eigenvalue weighted by Gasteiger charge is 2.39. The molecule has 0 aromatic heterocycles. The molecule has 4 rings (SSSR count). The first-order valence-electron chi connectivity index (χ1n) is 10.7. The minimum Gasteiger partial charge on any atom is -0.494 e. The summed E-state index contributed by atoms with van der Waals surface area (Å²) >= 11 is 0. The van der Waals surface area contributed by atoms with Crippen LogP contribution in [0.3, 0.4) is 0 Å². The Balaban J connectivity index is 1.34. The first-order valence-corrected chi connectivity index (χ1v) is 10.7. The van der Waals surface area contributed by atoms with Gasteiger partial charge in [0.2, 0.25) is 11.9 Å². The zero-order valence-corrected chi connectivity index (χ0v) is 17.7. The second-order valence-electron chi connectivity index (χ2n) is 7.80. The second-order valence-corrected chi connectivity index (χ2v) is 7.80. The van der Waals surface area contributed by atoms with Crippen molar-refractivity contribution in [2.24, 2.45) is 4.99 Å². The summed E-state index contributed by atoms with van der Waals surface area (Å²) < 4.78 is 10.8. The molecule has 0 radical (unpaired) electrons. The zero-order chi connectivity index (χ0) is 21.6. The number of aliphatic imine (C=N–C) groups is 1. The van der Waals surface area contributed by atoms with Crippen LogP contribution in [0.15, 0.2) is 53.5 Å². The van der Waals surface area contributed by atoms with Crippen molar-refractivity contribution in [2.45, 2.75) is 45.2 Å². The van der Waals surface area contributed by atoms with Gasteiger partial charge in [-0.2, -0.15) is 0 Å². The molecule has 0 spiro atoms. The number of hydrogen-bond acceptors (Lipinski definition) is 6. The van der Waals surface area contributed by atoms with Gasteiger partial charge in [0.15, 0.2) is 0 Å². The van der Waals surface area contributed by atoms with Crippen LogP contribution in [0.1, 0.15) is 37.3 Å². The van der Waals surface area contributed by atoms with Crippen LogP contribution < -0.4 is 10.1 Å². The molecule has 2 aromatic rings. The Morgan fingerprint density at radius 1 is 1.13 bits per heavy atom. The van der Waals surface area contributed by atoms with Crippen LogP contribution in [0, 0.1) is 0 Å². The number of carbonyl (C=O) groups excluding carboxylic acids is 2. The molecule has 31 heavy (non-hydrogen) atoms. The third kappa shape index (κ3) is 5.23.